The first kappa shape index (κ1) is 22.7. The lowest BCUT2D eigenvalue weighted by Crippen LogP contribution is -2.13. The van der Waals surface area contributed by atoms with E-state index in [1.165, 1.54) is 27.4 Å². The number of rotatable bonds is 8. The Bertz CT molecular complexity index is 1150. The number of nitrogens with one attached hydrogen (secondary N) is 1. The lowest BCUT2D eigenvalue weighted by Gasteiger charge is -2.13. The molecule has 32 heavy (non-hydrogen) atoms. The Morgan fingerprint density at radius 3 is 2.31 bits per heavy atom. The molecule has 1 aromatic heterocycles. The van der Waals surface area contributed by atoms with Crippen molar-refractivity contribution >= 4 is 34.5 Å². The van der Waals surface area contributed by atoms with Crippen LogP contribution in [0.3, 0.4) is 0 Å². The van der Waals surface area contributed by atoms with E-state index >= 15 is 0 Å². The van der Waals surface area contributed by atoms with Gasteiger partial charge in [-0.2, -0.15) is 0 Å². The van der Waals surface area contributed by atoms with Crippen LogP contribution in [0.15, 0.2) is 42.6 Å². The highest BCUT2D eigenvalue weighted by Crippen LogP contribution is 2.38. The molecule has 8 nitrogen and oxygen atoms in total. The third kappa shape index (κ3) is 4.69. The van der Waals surface area contributed by atoms with Crippen molar-refractivity contribution < 1.29 is 28.5 Å². The van der Waals surface area contributed by atoms with Crippen molar-refractivity contribution in [3.8, 4) is 17.2 Å². The first-order valence-electron chi connectivity index (χ1n) is 9.97. The second-order valence-electron chi connectivity index (χ2n) is 6.88. The largest absolute Gasteiger partial charge is 0.493 e. The van der Waals surface area contributed by atoms with Crippen molar-refractivity contribution in [3.05, 3.63) is 53.7 Å². The van der Waals surface area contributed by atoms with E-state index in [1.54, 1.807) is 31.2 Å². The van der Waals surface area contributed by atoms with E-state index in [1.807, 2.05) is 29.9 Å². The van der Waals surface area contributed by atoms with Crippen LogP contribution in [-0.2, 0) is 11.8 Å². The summed E-state index contributed by atoms with van der Waals surface area (Å²) >= 11 is 0. The summed E-state index contributed by atoms with van der Waals surface area (Å²) in [5, 5.41) is 3.58. The Labute approximate surface area is 186 Å². The van der Waals surface area contributed by atoms with Crippen LogP contribution in [-0.4, -0.2) is 44.4 Å². The minimum atomic E-state index is -0.516. The van der Waals surface area contributed by atoms with E-state index in [9.17, 15) is 9.59 Å². The molecular weight excluding hydrogens is 412 g/mol. The van der Waals surface area contributed by atoms with Crippen LogP contribution in [0.2, 0.25) is 0 Å². The van der Waals surface area contributed by atoms with Gasteiger partial charge in [0.2, 0.25) is 5.75 Å². The van der Waals surface area contributed by atoms with Crippen LogP contribution >= 0.6 is 0 Å². The fourth-order valence-electron chi connectivity index (χ4n) is 3.40. The van der Waals surface area contributed by atoms with Crippen LogP contribution in [0.5, 0.6) is 17.2 Å². The van der Waals surface area contributed by atoms with Gasteiger partial charge in [0, 0.05) is 41.0 Å². The highest BCUT2D eigenvalue weighted by Gasteiger charge is 2.16. The van der Waals surface area contributed by atoms with Crippen molar-refractivity contribution in [2.45, 2.75) is 6.92 Å². The molecule has 8 heteroatoms. The minimum Gasteiger partial charge on any atom is -0.493 e. The number of carbonyl (C=O) groups is 2. The Hall–Kier alpha value is -3.94. The highest BCUT2D eigenvalue weighted by atomic mass is 16.5. The molecule has 0 aliphatic heterocycles. The summed E-state index contributed by atoms with van der Waals surface area (Å²) in [6.45, 7) is 2.03. The molecule has 168 valence electrons. The van der Waals surface area contributed by atoms with Crippen molar-refractivity contribution in [1.82, 2.24) is 4.57 Å². The number of methoxy groups -OCH3 is 3. The number of anilines is 1. The third-order valence-corrected chi connectivity index (χ3v) is 4.91. The van der Waals surface area contributed by atoms with E-state index in [2.05, 4.69) is 5.32 Å². The monoisotopic (exact) mass is 438 g/mol. The lowest BCUT2D eigenvalue weighted by molar-refractivity contribution is 0.104. The van der Waals surface area contributed by atoms with Gasteiger partial charge in [0.1, 0.15) is 0 Å². The standard InChI is InChI=1S/C24H26N2O6/c1-6-32-24(28)25-17-8-9-19-18(13-17)15(14-26(19)2)7-10-20(27)16-11-21(29-3)23(31-5)22(12-16)30-4/h7-14H,6H2,1-5H3,(H,25,28)/b10-7+. The quantitative estimate of drug-likeness (QED) is 0.406. The number of allylic oxidation sites excluding steroid dienone is 1. The number of hydrogen-bond acceptors (Lipinski definition) is 6. The maximum absolute atomic E-state index is 12.9. The zero-order valence-corrected chi connectivity index (χ0v) is 18.7. The van der Waals surface area contributed by atoms with Crippen molar-refractivity contribution in [2.24, 2.45) is 7.05 Å². The maximum Gasteiger partial charge on any atom is 0.411 e. The molecule has 0 fully saturated rings. The Kier molecular flexibility index (Phi) is 7.04. The number of nitrogens with zero attached hydrogens (tertiary/aromatic N) is 1. The molecule has 0 saturated carbocycles. The zero-order chi connectivity index (χ0) is 23.3. The van der Waals surface area contributed by atoms with Gasteiger partial charge >= 0.3 is 6.09 Å². The van der Waals surface area contributed by atoms with Crippen LogP contribution in [0.25, 0.3) is 17.0 Å². The number of hydrogen-bond donors (Lipinski definition) is 1. The van der Waals surface area contributed by atoms with Crippen molar-refractivity contribution in [2.75, 3.05) is 33.3 Å². The maximum atomic E-state index is 12.9. The van der Waals surface area contributed by atoms with Crippen molar-refractivity contribution in [3.63, 3.8) is 0 Å². The number of benzene rings is 2. The summed E-state index contributed by atoms with van der Waals surface area (Å²) in [6, 6.07) is 8.76. The number of ketones is 1. The summed E-state index contributed by atoms with van der Waals surface area (Å²) in [5.41, 5.74) is 2.79. The molecule has 0 atom stereocenters. The van der Waals surface area contributed by atoms with E-state index in [-0.39, 0.29) is 12.4 Å². The minimum absolute atomic E-state index is 0.220. The third-order valence-electron chi connectivity index (χ3n) is 4.91. The molecule has 1 N–H and O–H groups in total. The van der Waals surface area contributed by atoms with Gasteiger partial charge in [0.15, 0.2) is 17.3 Å². The molecule has 0 saturated heterocycles. The van der Waals surface area contributed by atoms with Crippen LogP contribution in [0.1, 0.15) is 22.8 Å². The highest BCUT2D eigenvalue weighted by molar-refractivity contribution is 6.08. The molecule has 3 rings (SSSR count). The lowest BCUT2D eigenvalue weighted by atomic mass is 10.1. The van der Waals surface area contributed by atoms with E-state index < -0.39 is 6.09 Å². The van der Waals surface area contributed by atoms with E-state index in [0.29, 0.717) is 28.5 Å². The van der Waals surface area contributed by atoms with Gasteiger partial charge in [-0.05, 0) is 49.4 Å². The first-order chi connectivity index (χ1) is 15.4. The average molecular weight is 438 g/mol. The number of aromatic nitrogens is 1. The second kappa shape index (κ2) is 9.91. The zero-order valence-electron chi connectivity index (χ0n) is 18.7. The number of ether oxygens (including phenoxy) is 4. The van der Waals surface area contributed by atoms with Crippen LogP contribution < -0.4 is 19.5 Å². The molecular formula is C24H26N2O6. The second-order valence-corrected chi connectivity index (χ2v) is 6.88. The predicted octanol–water partition coefficient (Wildman–Crippen LogP) is 4.67. The number of amides is 1. The van der Waals surface area contributed by atoms with Gasteiger partial charge < -0.3 is 23.5 Å². The topological polar surface area (TPSA) is 88.0 Å². The average Bonchev–Trinajstić information content (AvgIpc) is 3.11. The summed E-state index contributed by atoms with van der Waals surface area (Å²) < 4.78 is 22.8. The summed E-state index contributed by atoms with van der Waals surface area (Å²) in [5.74, 6) is 1.01. The Morgan fingerprint density at radius 1 is 1.03 bits per heavy atom. The fourth-order valence-corrected chi connectivity index (χ4v) is 3.40. The molecule has 1 amide bonds. The summed E-state index contributed by atoms with van der Waals surface area (Å²) in [6.07, 6.45) is 4.62. The van der Waals surface area contributed by atoms with Gasteiger partial charge in [-0.1, -0.05) is 0 Å². The van der Waals surface area contributed by atoms with Gasteiger partial charge in [0.25, 0.3) is 0 Å². The fraction of sp³-hybridized carbons (Fsp3) is 0.250. The smallest absolute Gasteiger partial charge is 0.411 e. The molecule has 0 bridgehead atoms. The molecule has 3 aromatic rings. The van der Waals surface area contributed by atoms with Gasteiger partial charge in [-0.25, -0.2) is 4.79 Å². The number of carbonyl (C=O) groups excluding carboxylic acids is 2. The molecule has 0 radical (unpaired) electrons. The predicted molar refractivity (Wildman–Crippen MR) is 123 cm³/mol. The Morgan fingerprint density at radius 2 is 1.72 bits per heavy atom. The normalized spacial score (nSPS) is 10.9. The molecule has 0 aliphatic carbocycles. The summed E-state index contributed by atoms with van der Waals surface area (Å²) in [7, 11) is 6.42. The molecule has 0 unspecified atom stereocenters. The van der Waals surface area contributed by atoms with Gasteiger partial charge in [-0.3, -0.25) is 10.1 Å². The number of aryl methyl sites for hydroxylation is 1. The van der Waals surface area contributed by atoms with Gasteiger partial charge in [0.05, 0.1) is 27.9 Å². The molecule has 1 heterocycles. The van der Waals surface area contributed by atoms with Crippen LogP contribution in [0.4, 0.5) is 10.5 Å². The molecule has 0 spiro atoms. The molecule has 2 aromatic carbocycles. The van der Waals surface area contributed by atoms with Gasteiger partial charge in [-0.15, -0.1) is 0 Å². The van der Waals surface area contributed by atoms with Crippen molar-refractivity contribution in [1.29, 1.82) is 0 Å². The Balaban J connectivity index is 1.92. The number of fused-ring (bicyclic) bond motifs is 1. The molecule has 0 aliphatic rings. The SMILES string of the molecule is CCOC(=O)Nc1ccc2c(c1)c(/C=C/C(=O)c1cc(OC)c(OC)c(OC)c1)cn2C. The van der Waals surface area contributed by atoms with E-state index in [0.717, 1.165) is 16.5 Å². The first-order valence-corrected chi connectivity index (χ1v) is 9.97. The van der Waals surface area contributed by atoms with E-state index in [4.69, 9.17) is 18.9 Å². The summed E-state index contributed by atoms with van der Waals surface area (Å²) in [4.78, 5) is 24.6. The van der Waals surface area contributed by atoms with Crippen LogP contribution in [0, 0.1) is 0 Å².